The summed E-state index contributed by atoms with van der Waals surface area (Å²) in [7, 11) is 1.70. The molecule has 1 saturated heterocycles. The highest BCUT2D eigenvalue weighted by Crippen LogP contribution is 2.32. The molecule has 7 heteroatoms. The Morgan fingerprint density at radius 1 is 1.06 bits per heavy atom. The number of carbonyl (C=O) groups excluding carboxylic acids is 1. The zero-order valence-electron chi connectivity index (χ0n) is 18.9. The molecule has 3 aromatic rings. The number of carbonyl (C=O) groups is 1. The lowest BCUT2D eigenvalue weighted by Gasteiger charge is -2.37. The summed E-state index contributed by atoms with van der Waals surface area (Å²) < 4.78 is 11.9. The molecule has 0 saturated carbocycles. The fourth-order valence-corrected chi connectivity index (χ4v) is 5.31. The van der Waals surface area contributed by atoms with Crippen LogP contribution in [-0.4, -0.2) is 62.1 Å². The lowest BCUT2D eigenvalue weighted by Crippen LogP contribution is -2.51. The Morgan fingerprint density at radius 2 is 1.85 bits per heavy atom. The van der Waals surface area contributed by atoms with E-state index in [1.807, 2.05) is 41.3 Å². The van der Waals surface area contributed by atoms with E-state index in [2.05, 4.69) is 38.8 Å². The van der Waals surface area contributed by atoms with Gasteiger partial charge in [-0.05, 0) is 35.0 Å². The summed E-state index contributed by atoms with van der Waals surface area (Å²) in [6.07, 6.45) is -0.0740. The number of methoxy groups -OCH3 is 1. The average molecular weight is 464 g/mol. The van der Waals surface area contributed by atoms with Gasteiger partial charge >= 0.3 is 0 Å². The zero-order chi connectivity index (χ0) is 22.6. The highest BCUT2D eigenvalue weighted by atomic mass is 32.1. The van der Waals surface area contributed by atoms with Gasteiger partial charge in [0.25, 0.3) is 0 Å². The molecule has 0 aliphatic carbocycles. The topological polar surface area (TPSA) is 45.2 Å². The number of ether oxygens (including phenoxy) is 2. The average Bonchev–Trinajstić information content (AvgIpc) is 3.33. The van der Waals surface area contributed by atoms with Gasteiger partial charge in [0.15, 0.2) is 0 Å². The first-order chi connectivity index (χ1) is 16.2. The molecule has 0 radical (unpaired) electrons. The molecule has 2 aliphatic heterocycles. The number of hydrogen-bond acceptors (Lipinski definition) is 6. The van der Waals surface area contributed by atoms with Crippen LogP contribution in [-0.2, 0) is 11.3 Å². The molecular weight excluding hydrogens is 434 g/mol. The van der Waals surface area contributed by atoms with E-state index in [4.69, 9.17) is 9.47 Å². The van der Waals surface area contributed by atoms with Gasteiger partial charge in [0, 0.05) is 50.4 Å². The second-order valence-electron chi connectivity index (χ2n) is 8.48. The number of para-hydroxylation sites is 3. The number of anilines is 1. The van der Waals surface area contributed by atoms with Crippen molar-refractivity contribution < 1.29 is 14.3 Å². The van der Waals surface area contributed by atoms with E-state index >= 15 is 0 Å². The number of piperazine rings is 1. The van der Waals surface area contributed by atoms with Crippen LogP contribution in [0.3, 0.4) is 0 Å². The molecule has 5 rings (SSSR count). The summed E-state index contributed by atoms with van der Waals surface area (Å²) in [5.74, 6) is 1.96. The normalized spacial score (nSPS) is 18.9. The summed E-state index contributed by atoms with van der Waals surface area (Å²) in [5, 5.41) is 4.21. The van der Waals surface area contributed by atoms with Crippen molar-refractivity contribution in [1.29, 1.82) is 0 Å². The van der Waals surface area contributed by atoms with Gasteiger partial charge in [0.2, 0.25) is 5.91 Å². The smallest absolute Gasteiger partial charge is 0.236 e. The minimum absolute atomic E-state index is 0.0740. The van der Waals surface area contributed by atoms with Crippen molar-refractivity contribution in [3.8, 4) is 11.5 Å². The Morgan fingerprint density at radius 3 is 2.64 bits per heavy atom. The SMILES string of the molecule is COc1ccccc1N1CCN(C(=O)CN2Cc3ccccc3OC(c3ccsc3)C2)CC1. The maximum atomic E-state index is 13.3. The summed E-state index contributed by atoms with van der Waals surface area (Å²) >= 11 is 1.67. The molecule has 1 fully saturated rings. The van der Waals surface area contributed by atoms with E-state index in [1.54, 1.807) is 18.4 Å². The van der Waals surface area contributed by atoms with E-state index < -0.39 is 0 Å². The van der Waals surface area contributed by atoms with Gasteiger partial charge in [-0.25, -0.2) is 0 Å². The second-order valence-corrected chi connectivity index (χ2v) is 9.26. The quantitative estimate of drug-likeness (QED) is 0.572. The Hall–Kier alpha value is -3.03. The Bertz CT molecular complexity index is 1080. The number of fused-ring (bicyclic) bond motifs is 1. The van der Waals surface area contributed by atoms with E-state index in [-0.39, 0.29) is 12.0 Å². The molecule has 3 heterocycles. The number of hydrogen-bond donors (Lipinski definition) is 0. The van der Waals surface area contributed by atoms with E-state index in [1.165, 1.54) is 5.56 Å². The van der Waals surface area contributed by atoms with Crippen LogP contribution in [0.25, 0.3) is 0 Å². The van der Waals surface area contributed by atoms with Crippen LogP contribution in [0.15, 0.2) is 65.4 Å². The monoisotopic (exact) mass is 463 g/mol. The van der Waals surface area contributed by atoms with Gasteiger partial charge < -0.3 is 19.3 Å². The lowest BCUT2D eigenvalue weighted by atomic mass is 10.1. The van der Waals surface area contributed by atoms with Gasteiger partial charge in [-0.15, -0.1) is 0 Å². The van der Waals surface area contributed by atoms with E-state index in [0.29, 0.717) is 32.7 Å². The number of amides is 1. The lowest BCUT2D eigenvalue weighted by molar-refractivity contribution is -0.133. The highest BCUT2D eigenvalue weighted by Gasteiger charge is 2.28. The van der Waals surface area contributed by atoms with E-state index in [9.17, 15) is 4.79 Å². The van der Waals surface area contributed by atoms with Crippen LogP contribution >= 0.6 is 11.3 Å². The molecular formula is C26H29N3O3S. The molecule has 2 aromatic carbocycles. The van der Waals surface area contributed by atoms with Crippen LogP contribution in [0.5, 0.6) is 11.5 Å². The Balaban J connectivity index is 1.24. The summed E-state index contributed by atoms with van der Waals surface area (Å²) in [6, 6.07) is 18.3. The molecule has 2 aliphatic rings. The Kier molecular flexibility index (Phi) is 6.51. The standard InChI is InChI=1S/C26H29N3O3S/c1-31-24-9-5-3-7-22(24)28-11-13-29(14-12-28)26(30)18-27-16-20-6-2-4-8-23(20)32-25(17-27)21-10-15-33-19-21/h2-10,15,19,25H,11-14,16-18H2,1H3. The van der Waals surface area contributed by atoms with Crippen LogP contribution in [0.2, 0.25) is 0 Å². The third-order valence-electron chi connectivity index (χ3n) is 6.39. The molecule has 1 atom stereocenters. The third-order valence-corrected chi connectivity index (χ3v) is 7.09. The maximum absolute atomic E-state index is 13.3. The second kappa shape index (κ2) is 9.85. The zero-order valence-corrected chi connectivity index (χ0v) is 19.7. The molecule has 172 valence electrons. The summed E-state index contributed by atoms with van der Waals surface area (Å²) in [6.45, 7) is 4.83. The van der Waals surface area contributed by atoms with Gasteiger partial charge in [0.1, 0.15) is 17.6 Å². The predicted molar refractivity (Wildman–Crippen MR) is 131 cm³/mol. The molecule has 1 aromatic heterocycles. The molecule has 1 amide bonds. The maximum Gasteiger partial charge on any atom is 0.236 e. The van der Waals surface area contributed by atoms with Crippen molar-refractivity contribution in [3.63, 3.8) is 0 Å². The van der Waals surface area contributed by atoms with Crippen molar-refractivity contribution in [3.05, 3.63) is 76.5 Å². The summed E-state index contributed by atoms with van der Waals surface area (Å²) in [5.41, 5.74) is 3.38. The van der Waals surface area contributed by atoms with Crippen molar-refractivity contribution in [2.75, 3.05) is 51.3 Å². The van der Waals surface area contributed by atoms with Gasteiger partial charge in [-0.2, -0.15) is 11.3 Å². The molecule has 0 bridgehead atoms. The fraction of sp³-hybridized carbons (Fsp3) is 0.346. The predicted octanol–water partition coefficient (Wildman–Crippen LogP) is 4.04. The van der Waals surface area contributed by atoms with Crippen LogP contribution in [0.4, 0.5) is 5.69 Å². The van der Waals surface area contributed by atoms with Crippen molar-refractivity contribution >= 4 is 22.9 Å². The van der Waals surface area contributed by atoms with E-state index in [0.717, 1.165) is 35.8 Å². The van der Waals surface area contributed by atoms with Crippen LogP contribution in [0.1, 0.15) is 17.2 Å². The number of rotatable bonds is 5. The number of nitrogens with zero attached hydrogens (tertiary/aromatic N) is 3. The first-order valence-corrected chi connectivity index (χ1v) is 12.3. The number of thiophene rings is 1. The van der Waals surface area contributed by atoms with Crippen molar-refractivity contribution in [2.45, 2.75) is 12.6 Å². The summed E-state index contributed by atoms with van der Waals surface area (Å²) in [4.78, 5) is 19.8. The molecule has 6 nitrogen and oxygen atoms in total. The van der Waals surface area contributed by atoms with Crippen LogP contribution < -0.4 is 14.4 Å². The highest BCUT2D eigenvalue weighted by molar-refractivity contribution is 7.07. The molecule has 1 unspecified atom stereocenters. The minimum atomic E-state index is -0.0740. The Labute approximate surface area is 198 Å². The van der Waals surface area contributed by atoms with Gasteiger partial charge in [-0.3, -0.25) is 9.69 Å². The van der Waals surface area contributed by atoms with Crippen molar-refractivity contribution in [2.24, 2.45) is 0 Å². The molecule has 33 heavy (non-hydrogen) atoms. The largest absolute Gasteiger partial charge is 0.495 e. The van der Waals surface area contributed by atoms with Gasteiger partial charge in [-0.1, -0.05) is 30.3 Å². The first-order valence-electron chi connectivity index (χ1n) is 11.4. The first kappa shape index (κ1) is 21.8. The van der Waals surface area contributed by atoms with Crippen molar-refractivity contribution in [1.82, 2.24) is 9.80 Å². The van der Waals surface area contributed by atoms with Crippen LogP contribution in [0, 0.1) is 0 Å². The molecule has 0 N–H and O–H groups in total. The van der Waals surface area contributed by atoms with Gasteiger partial charge in [0.05, 0.1) is 19.3 Å². The minimum Gasteiger partial charge on any atom is -0.495 e. The molecule has 0 spiro atoms. The number of benzene rings is 2. The third kappa shape index (κ3) is 4.84. The fourth-order valence-electron chi connectivity index (χ4n) is 4.61.